The maximum atomic E-state index is 14.3. The van der Waals surface area contributed by atoms with Crippen LogP contribution in [-0.4, -0.2) is 60.5 Å². The van der Waals surface area contributed by atoms with Crippen LogP contribution in [-0.2, 0) is 15.2 Å². The lowest BCUT2D eigenvalue weighted by molar-refractivity contribution is -0.139. The van der Waals surface area contributed by atoms with E-state index in [2.05, 4.69) is 43.1 Å². The molecule has 1 spiro atoms. The van der Waals surface area contributed by atoms with Crippen molar-refractivity contribution < 1.29 is 19.8 Å². The molecule has 2 atom stereocenters. The van der Waals surface area contributed by atoms with Crippen molar-refractivity contribution in [2.75, 3.05) is 47.6 Å². The average molecular weight is 613 g/mol. The van der Waals surface area contributed by atoms with Crippen molar-refractivity contribution >= 4 is 28.9 Å². The SMILES string of the molecule is CC(C)=CCC/C(C)=C/CN1C(=O)[C@@](O)([C@@H](C)/C=C/CCO)c2cc(N3CN(c4ccccc4)C4(CCNCC4)C3=O)ccc21. The van der Waals surface area contributed by atoms with E-state index in [4.69, 9.17) is 0 Å². The Bertz CT molecular complexity index is 1470. The van der Waals surface area contributed by atoms with E-state index in [1.807, 2.05) is 60.4 Å². The van der Waals surface area contributed by atoms with Gasteiger partial charge in [-0.3, -0.25) is 14.5 Å². The Morgan fingerprint density at radius 1 is 0.978 bits per heavy atom. The zero-order valence-corrected chi connectivity index (χ0v) is 27.1. The second-order valence-electron chi connectivity index (χ2n) is 12.9. The number of aliphatic hydroxyl groups excluding tert-OH is 1. The van der Waals surface area contributed by atoms with Gasteiger partial charge >= 0.3 is 0 Å². The molecular formula is C37H48N4O4. The first kappa shape index (κ1) is 32.7. The summed E-state index contributed by atoms with van der Waals surface area (Å²) in [6, 6.07) is 15.7. The lowest BCUT2D eigenvalue weighted by Gasteiger charge is -2.39. The molecule has 2 aromatic carbocycles. The first-order valence-corrected chi connectivity index (χ1v) is 16.2. The fourth-order valence-electron chi connectivity index (χ4n) is 6.90. The lowest BCUT2D eigenvalue weighted by atomic mass is 9.82. The van der Waals surface area contributed by atoms with Crippen LogP contribution in [0.3, 0.4) is 0 Å². The molecular weight excluding hydrogens is 564 g/mol. The number of hydrogen-bond acceptors (Lipinski definition) is 6. The van der Waals surface area contributed by atoms with Gasteiger partial charge in [0.2, 0.25) is 0 Å². The number of benzene rings is 2. The van der Waals surface area contributed by atoms with Gasteiger partial charge in [0.1, 0.15) is 5.54 Å². The van der Waals surface area contributed by atoms with Crippen molar-refractivity contribution in [3.63, 3.8) is 0 Å². The summed E-state index contributed by atoms with van der Waals surface area (Å²) in [7, 11) is 0. The Kier molecular flexibility index (Phi) is 9.97. The summed E-state index contributed by atoms with van der Waals surface area (Å²) in [6.45, 7) is 10.3. The number of allylic oxidation sites excluding steroid dienone is 3. The number of fused-ring (bicyclic) bond motifs is 1. The largest absolute Gasteiger partial charge is 0.396 e. The molecule has 2 aromatic rings. The minimum Gasteiger partial charge on any atom is -0.396 e. The van der Waals surface area contributed by atoms with Crippen molar-refractivity contribution in [3.05, 3.63) is 89.5 Å². The second kappa shape index (κ2) is 13.7. The number of aliphatic hydroxyl groups is 2. The number of nitrogens with one attached hydrogen (secondary N) is 1. The number of nitrogens with zero attached hydrogens (tertiary/aromatic N) is 3. The fourth-order valence-corrected chi connectivity index (χ4v) is 6.90. The van der Waals surface area contributed by atoms with Gasteiger partial charge in [0.05, 0.1) is 12.4 Å². The van der Waals surface area contributed by atoms with Gasteiger partial charge in [-0.25, -0.2) is 0 Å². The van der Waals surface area contributed by atoms with Crippen molar-refractivity contribution in [1.29, 1.82) is 0 Å². The van der Waals surface area contributed by atoms with Crippen LogP contribution in [0.25, 0.3) is 0 Å². The predicted octanol–water partition coefficient (Wildman–Crippen LogP) is 5.42. The van der Waals surface area contributed by atoms with Crippen LogP contribution < -0.4 is 20.0 Å². The Labute approximate surface area is 267 Å². The number of rotatable bonds is 11. The summed E-state index contributed by atoms with van der Waals surface area (Å²) in [5, 5.41) is 25.0. The van der Waals surface area contributed by atoms with Crippen molar-refractivity contribution in [1.82, 2.24) is 5.32 Å². The normalized spacial score (nSPS) is 22.1. The predicted molar refractivity (Wildman–Crippen MR) is 181 cm³/mol. The lowest BCUT2D eigenvalue weighted by Crippen LogP contribution is -2.55. The molecule has 0 radical (unpaired) electrons. The van der Waals surface area contributed by atoms with Crippen LogP contribution in [0.2, 0.25) is 0 Å². The first-order chi connectivity index (χ1) is 21.6. The summed E-state index contributed by atoms with van der Waals surface area (Å²) in [6.07, 6.45) is 11.6. The van der Waals surface area contributed by atoms with Gasteiger partial charge in [0, 0.05) is 36.0 Å². The number of amides is 2. The van der Waals surface area contributed by atoms with Crippen LogP contribution in [0, 0.1) is 5.92 Å². The number of piperidine rings is 1. The maximum Gasteiger partial charge on any atom is 0.264 e. The molecule has 240 valence electrons. The van der Waals surface area contributed by atoms with E-state index in [1.165, 1.54) is 11.1 Å². The van der Waals surface area contributed by atoms with Crippen molar-refractivity contribution in [2.45, 2.75) is 70.9 Å². The zero-order valence-electron chi connectivity index (χ0n) is 27.1. The third-order valence-electron chi connectivity index (χ3n) is 9.60. The number of hydrogen-bond donors (Lipinski definition) is 3. The minimum absolute atomic E-state index is 0.00841. The molecule has 45 heavy (non-hydrogen) atoms. The quantitative estimate of drug-likeness (QED) is 0.294. The van der Waals surface area contributed by atoms with E-state index in [1.54, 1.807) is 17.1 Å². The summed E-state index contributed by atoms with van der Waals surface area (Å²) in [5.41, 5.74) is 2.84. The molecule has 0 unspecified atom stereocenters. The van der Waals surface area contributed by atoms with Gasteiger partial charge < -0.3 is 25.3 Å². The van der Waals surface area contributed by atoms with E-state index < -0.39 is 17.1 Å². The minimum atomic E-state index is -1.81. The summed E-state index contributed by atoms with van der Waals surface area (Å²) in [4.78, 5) is 34.1. The van der Waals surface area contributed by atoms with E-state index in [0.717, 1.165) is 31.6 Å². The van der Waals surface area contributed by atoms with E-state index in [0.29, 0.717) is 49.4 Å². The molecule has 0 aliphatic carbocycles. The van der Waals surface area contributed by atoms with E-state index in [9.17, 15) is 19.8 Å². The maximum absolute atomic E-state index is 14.3. The molecule has 0 aromatic heterocycles. The molecule has 8 nitrogen and oxygen atoms in total. The molecule has 0 saturated carbocycles. The Balaban J connectivity index is 1.52. The molecule has 3 N–H and O–H groups in total. The van der Waals surface area contributed by atoms with Gasteiger partial charge in [-0.05, 0) is 96.3 Å². The average Bonchev–Trinajstić information content (AvgIpc) is 3.43. The molecule has 2 amide bonds. The van der Waals surface area contributed by atoms with Crippen molar-refractivity contribution in [2.24, 2.45) is 5.92 Å². The zero-order chi connectivity index (χ0) is 32.2. The molecule has 2 fully saturated rings. The highest BCUT2D eigenvalue weighted by atomic mass is 16.3. The van der Waals surface area contributed by atoms with Crippen molar-refractivity contribution in [3.8, 4) is 0 Å². The standard InChI is InChI=1S/C37H48N4O4/c1-27(2)11-10-12-28(3)18-23-39-33-17-16-31(25-32(33)37(45,35(39)44)29(4)13-8-9-24-42)40-26-41(30-14-6-5-7-15-30)36(34(40)43)19-21-38-22-20-36/h5-8,11,13-18,25,29,38,42,45H,9-10,12,19-24,26H2,1-4H3/b13-8+,28-18+/t29-,37+/m0/s1. The van der Waals surface area contributed by atoms with Crippen LogP contribution in [0.4, 0.5) is 17.1 Å². The number of anilines is 3. The van der Waals surface area contributed by atoms with Gasteiger partial charge in [0.15, 0.2) is 5.60 Å². The van der Waals surface area contributed by atoms with Crippen LogP contribution >= 0.6 is 0 Å². The van der Waals surface area contributed by atoms with Crippen LogP contribution in [0.15, 0.2) is 84.0 Å². The highest BCUT2D eigenvalue weighted by Gasteiger charge is 2.55. The van der Waals surface area contributed by atoms with Crippen LogP contribution in [0.1, 0.15) is 65.4 Å². The summed E-state index contributed by atoms with van der Waals surface area (Å²) >= 11 is 0. The van der Waals surface area contributed by atoms with Gasteiger partial charge in [-0.2, -0.15) is 0 Å². The molecule has 3 aliphatic heterocycles. The fraction of sp³-hybridized carbons (Fsp3) is 0.459. The smallest absolute Gasteiger partial charge is 0.264 e. The Morgan fingerprint density at radius 2 is 1.71 bits per heavy atom. The molecule has 2 saturated heterocycles. The molecule has 0 bridgehead atoms. The monoisotopic (exact) mass is 612 g/mol. The van der Waals surface area contributed by atoms with Crippen LogP contribution in [0.5, 0.6) is 0 Å². The van der Waals surface area contributed by atoms with Gasteiger partial charge in [-0.15, -0.1) is 0 Å². The van der Waals surface area contributed by atoms with E-state index >= 15 is 0 Å². The molecule has 8 heteroatoms. The Hall–Kier alpha value is -3.72. The Morgan fingerprint density at radius 3 is 2.40 bits per heavy atom. The highest BCUT2D eigenvalue weighted by molar-refractivity contribution is 6.10. The third kappa shape index (κ3) is 6.24. The molecule has 3 heterocycles. The van der Waals surface area contributed by atoms with E-state index in [-0.39, 0.29) is 18.4 Å². The van der Waals surface area contributed by atoms with Gasteiger partial charge in [0.25, 0.3) is 11.8 Å². The third-order valence-corrected chi connectivity index (χ3v) is 9.60. The molecule has 5 rings (SSSR count). The number of carbonyl (C=O) groups is 2. The topological polar surface area (TPSA) is 96.3 Å². The second-order valence-corrected chi connectivity index (χ2v) is 12.9. The number of para-hydroxylation sites is 1. The number of carbonyl (C=O) groups excluding carboxylic acids is 2. The summed E-state index contributed by atoms with van der Waals surface area (Å²) < 4.78 is 0. The van der Waals surface area contributed by atoms with Gasteiger partial charge in [-0.1, -0.05) is 60.6 Å². The highest BCUT2D eigenvalue weighted by Crippen LogP contribution is 2.48. The first-order valence-electron chi connectivity index (χ1n) is 16.2. The summed E-state index contributed by atoms with van der Waals surface area (Å²) in [5.74, 6) is -0.884. The molecule has 3 aliphatic rings.